The summed E-state index contributed by atoms with van der Waals surface area (Å²) in [6, 6.07) is 11.7. The zero-order chi connectivity index (χ0) is 24.5. The number of fused-ring (bicyclic) bond motifs is 1. The van der Waals surface area contributed by atoms with Crippen molar-refractivity contribution in [3.63, 3.8) is 0 Å². The van der Waals surface area contributed by atoms with Gasteiger partial charge < -0.3 is 19.6 Å². The van der Waals surface area contributed by atoms with Crippen LogP contribution in [0.5, 0.6) is 11.5 Å². The normalized spacial score (nSPS) is 19.7. The van der Waals surface area contributed by atoms with Crippen LogP contribution in [-0.4, -0.2) is 48.0 Å². The number of nitrogens with one attached hydrogen (secondary N) is 1. The molecule has 0 spiro atoms. The summed E-state index contributed by atoms with van der Waals surface area (Å²) in [4.78, 5) is 13.8. The SMILES string of the molecule is CCC1SC(=O)NN=C1c1ccc2c(c1)C(C)(C)CCN2C(=NO)c1ccc(OC)c(OC)c1. The smallest absolute Gasteiger partial charge is 0.299 e. The van der Waals surface area contributed by atoms with E-state index in [9.17, 15) is 10.0 Å². The third-order valence-corrected chi connectivity index (χ3v) is 7.60. The monoisotopic (exact) mass is 482 g/mol. The molecule has 0 bridgehead atoms. The van der Waals surface area contributed by atoms with Crippen molar-refractivity contribution in [3.8, 4) is 11.5 Å². The number of carbonyl (C=O) groups excluding carboxylic acids is 1. The molecule has 2 aliphatic heterocycles. The predicted molar refractivity (Wildman–Crippen MR) is 136 cm³/mol. The van der Waals surface area contributed by atoms with Gasteiger partial charge in [-0.2, -0.15) is 5.10 Å². The molecule has 0 saturated carbocycles. The van der Waals surface area contributed by atoms with Crippen LogP contribution in [0.4, 0.5) is 10.5 Å². The molecular weight excluding hydrogens is 452 g/mol. The highest BCUT2D eigenvalue weighted by Gasteiger charge is 2.35. The first-order chi connectivity index (χ1) is 16.3. The number of nitrogens with zero attached hydrogens (tertiary/aromatic N) is 3. The largest absolute Gasteiger partial charge is 0.493 e. The molecular formula is C25H30N4O4S. The Hall–Kier alpha value is -3.20. The molecule has 4 rings (SSSR count). The van der Waals surface area contributed by atoms with Crippen LogP contribution < -0.4 is 19.8 Å². The third-order valence-electron chi connectivity index (χ3n) is 6.46. The van der Waals surface area contributed by atoms with Crippen molar-refractivity contribution in [1.29, 1.82) is 0 Å². The lowest BCUT2D eigenvalue weighted by atomic mass is 9.76. The van der Waals surface area contributed by atoms with E-state index >= 15 is 0 Å². The van der Waals surface area contributed by atoms with E-state index in [1.54, 1.807) is 20.3 Å². The Morgan fingerprint density at radius 3 is 2.68 bits per heavy atom. The second kappa shape index (κ2) is 9.58. The van der Waals surface area contributed by atoms with Gasteiger partial charge in [-0.25, -0.2) is 5.43 Å². The lowest BCUT2D eigenvalue weighted by molar-refractivity contribution is 0.260. The molecule has 0 fully saturated rings. The fourth-order valence-corrected chi connectivity index (χ4v) is 5.32. The van der Waals surface area contributed by atoms with Crippen LogP contribution >= 0.6 is 11.8 Å². The zero-order valence-corrected chi connectivity index (χ0v) is 20.9. The maximum Gasteiger partial charge on any atom is 0.299 e. The second-order valence-electron chi connectivity index (χ2n) is 8.92. The summed E-state index contributed by atoms with van der Waals surface area (Å²) in [6.07, 6.45) is 1.68. The minimum absolute atomic E-state index is 0.0101. The second-order valence-corrected chi connectivity index (χ2v) is 10.1. The van der Waals surface area contributed by atoms with Crippen LogP contribution in [0.1, 0.15) is 50.3 Å². The lowest BCUT2D eigenvalue weighted by Gasteiger charge is -2.40. The van der Waals surface area contributed by atoms with Gasteiger partial charge in [0, 0.05) is 17.8 Å². The number of rotatable bonds is 5. The maximum atomic E-state index is 11.8. The number of oxime groups is 1. The van der Waals surface area contributed by atoms with E-state index in [0.717, 1.165) is 40.9 Å². The van der Waals surface area contributed by atoms with Gasteiger partial charge in [0.25, 0.3) is 5.24 Å². The number of anilines is 1. The summed E-state index contributed by atoms with van der Waals surface area (Å²) in [5.41, 5.74) is 7.20. The molecule has 0 saturated heterocycles. The number of ether oxygens (including phenoxy) is 2. The van der Waals surface area contributed by atoms with Crippen LogP contribution in [0, 0.1) is 0 Å². The van der Waals surface area contributed by atoms with E-state index in [0.29, 0.717) is 23.9 Å². The number of hydrogen-bond acceptors (Lipinski definition) is 7. The number of benzene rings is 2. The average Bonchev–Trinajstić information content (AvgIpc) is 2.85. The fraction of sp³-hybridized carbons (Fsp3) is 0.400. The van der Waals surface area contributed by atoms with Crippen LogP contribution in [0.2, 0.25) is 0 Å². The number of hydrazone groups is 1. The quantitative estimate of drug-likeness (QED) is 0.270. The molecule has 0 aliphatic carbocycles. The molecule has 2 aliphatic rings. The summed E-state index contributed by atoms with van der Waals surface area (Å²) >= 11 is 1.27. The number of hydrogen-bond donors (Lipinski definition) is 2. The lowest BCUT2D eigenvalue weighted by Crippen LogP contribution is -2.42. The van der Waals surface area contributed by atoms with Gasteiger partial charge in [0.2, 0.25) is 0 Å². The van der Waals surface area contributed by atoms with Crippen molar-refractivity contribution in [3.05, 3.63) is 53.1 Å². The number of amides is 1. The van der Waals surface area contributed by atoms with E-state index in [1.165, 1.54) is 11.8 Å². The van der Waals surface area contributed by atoms with Crippen LogP contribution in [-0.2, 0) is 5.41 Å². The first-order valence-electron chi connectivity index (χ1n) is 11.2. The van der Waals surface area contributed by atoms with Crippen molar-refractivity contribution in [1.82, 2.24) is 5.43 Å². The Kier molecular flexibility index (Phi) is 6.74. The summed E-state index contributed by atoms with van der Waals surface area (Å²) in [5, 5.41) is 18.0. The number of thioether (sulfide) groups is 1. The number of amidine groups is 1. The maximum absolute atomic E-state index is 11.8. The van der Waals surface area contributed by atoms with Gasteiger partial charge in [-0.1, -0.05) is 43.8 Å². The highest BCUT2D eigenvalue weighted by atomic mass is 32.2. The predicted octanol–water partition coefficient (Wildman–Crippen LogP) is 4.97. The first kappa shape index (κ1) is 23.9. The van der Waals surface area contributed by atoms with Gasteiger partial charge in [-0.15, -0.1) is 0 Å². The van der Waals surface area contributed by atoms with Gasteiger partial charge in [-0.3, -0.25) is 4.79 Å². The minimum atomic E-state index is -0.126. The molecule has 1 atom stereocenters. The van der Waals surface area contributed by atoms with E-state index in [4.69, 9.17) is 9.47 Å². The molecule has 9 heteroatoms. The third kappa shape index (κ3) is 4.32. The first-order valence-corrected chi connectivity index (χ1v) is 12.1. The van der Waals surface area contributed by atoms with E-state index in [-0.39, 0.29) is 15.9 Å². The van der Waals surface area contributed by atoms with Crippen molar-refractivity contribution in [2.75, 3.05) is 25.7 Å². The molecule has 0 radical (unpaired) electrons. The van der Waals surface area contributed by atoms with Crippen molar-refractivity contribution in [2.45, 2.75) is 44.3 Å². The van der Waals surface area contributed by atoms with Crippen molar-refractivity contribution < 1.29 is 19.5 Å². The van der Waals surface area contributed by atoms with Crippen LogP contribution in [0.3, 0.4) is 0 Å². The van der Waals surface area contributed by atoms with E-state index in [2.05, 4.69) is 42.5 Å². The van der Waals surface area contributed by atoms with Crippen LogP contribution in [0.25, 0.3) is 0 Å². The topological polar surface area (TPSA) is 95.8 Å². The Morgan fingerprint density at radius 1 is 1.24 bits per heavy atom. The molecule has 180 valence electrons. The summed E-state index contributed by atoms with van der Waals surface area (Å²) in [5.74, 6) is 1.61. The molecule has 2 aromatic carbocycles. The molecule has 0 aromatic heterocycles. The number of carbonyl (C=O) groups is 1. The van der Waals surface area contributed by atoms with Crippen molar-refractivity contribution >= 4 is 34.2 Å². The van der Waals surface area contributed by atoms with Crippen molar-refractivity contribution in [2.24, 2.45) is 10.3 Å². The Balaban J connectivity index is 1.77. The average molecular weight is 483 g/mol. The van der Waals surface area contributed by atoms with Gasteiger partial charge in [0.1, 0.15) is 0 Å². The molecule has 2 heterocycles. The highest BCUT2D eigenvalue weighted by Crippen LogP contribution is 2.42. The summed E-state index contributed by atoms with van der Waals surface area (Å²) in [6.45, 7) is 7.19. The minimum Gasteiger partial charge on any atom is -0.493 e. The summed E-state index contributed by atoms with van der Waals surface area (Å²) < 4.78 is 10.8. The Labute approximate surface area is 204 Å². The van der Waals surface area contributed by atoms with Gasteiger partial charge in [0.05, 0.1) is 25.2 Å². The van der Waals surface area contributed by atoms with E-state index in [1.807, 2.05) is 29.2 Å². The zero-order valence-electron chi connectivity index (χ0n) is 20.1. The molecule has 2 N–H and O–H groups in total. The summed E-state index contributed by atoms with van der Waals surface area (Å²) in [7, 11) is 3.17. The molecule has 8 nitrogen and oxygen atoms in total. The molecule has 34 heavy (non-hydrogen) atoms. The fourth-order valence-electron chi connectivity index (χ4n) is 4.50. The Morgan fingerprint density at radius 2 is 2.00 bits per heavy atom. The molecule has 1 amide bonds. The Bertz CT molecular complexity index is 1160. The van der Waals surface area contributed by atoms with Gasteiger partial charge in [-0.05, 0) is 59.7 Å². The highest BCUT2D eigenvalue weighted by molar-refractivity contribution is 8.14. The molecule has 1 unspecified atom stereocenters. The molecule has 2 aromatic rings. The number of methoxy groups -OCH3 is 2. The van der Waals surface area contributed by atoms with Crippen LogP contribution in [0.15, 0.2) is 46.7 Å². The standard InChI is InChI=1S/C25H30N4O4S/c1-6-21-22(26-27-24(30)34-21)15-7-9-18-17(13-15)25(2,3)11-12-29(18)23(28-31)16-8-10-19(32-4)20(14-16)33-5/h7-10,13-14,21,31H,6,11-12H2,1-5H3,(H,27,30). The van der Waals surface area contributed by atoms with Gasteiger partial charge in [0.15, 0.2) is 17.3 Å². The van der Waals surface area contributed by atoms with E-state index < -0.39 is 0 Å². The van der Waals surface area contributed by atoms with Gasteiger partial charge >= 0.3 is 0 Å².